The number of hydrogen-bond donors (Lipinski definition) is 2. The molecule has 12 heteroatoms. The van der Waals surface area contributed by atoms with E-state index in [1.807, 2.05) is 39.3 Å². The van der Waals surface area contributed by atoms with Crippen molar-refractivity contribution in [2.45, 2.75) is 65.7 Å². The molecule has 3 N–H and O–H groups in total. The van der Waals surface area contributed by atoms with Gasteiger partial charge >= 0.3 is 6.18 Å². The number of hydrazine groups is 1. The van der Waals surface area contributed by atoms with E-state index in [1.54, 1.807) is 12.1 Å². The van der Waals surface area contributed by atoms with Crippen molar-refractivity contribution >= 4 is 22.9 Å². The molecule has 4 heterocycles. The first-order valence-electron chi connectivity index (χ1n) is 13.5. The van der Waals surface area contributed by atoms with Crippen molar-refractivity contribution in [2.75, 3.05) is 43.2 Å². The molecule has 2 aliphatic heterocycles. The van der Waals surface area contributed by atoms with Gasteiger partial charge in [0.25, 0.3) is 0 Å². The molecule has 0 bridgehead atoms. The lowest BCUT2D eigenvalue weighted by atomic mass is 10.0. The summed E-state index contributed by atoms with van der Waals surface area (Å²) in [5, 5.41) is 0. The lowest BCUT2D eigenvalue weighted by Gasteiger charge is -2.43. The van der Waals surface area contributed by atoms with Crippen LogP contribution in [0.1, 0.15) is 63.5 Å². The van der Waals surface area contributed by atoms with Crippen LogP contribution in [-0.4, -0.2) is 63.3 Å². The topological polar surface area (TPSA) is 97.4 Å². The van der Waals surface area contributed by atoms with Crippen LogP contribution in [0.15, 0.2) is 24.3 Å². The Morgan fingerprint density at radius 3 is 2.21 bits per heavy atom. The second kappa shape index (κ2) is 13.4. The molecule has 9 nitrogen and oxygen atoms in total. The minimum atomic E-state index is -4.33. The molecule has 2 fully saturated rings. The molecule has 39 heavy (non-hydrogen) atoms. The Kier molecular flexibility index (Phi) is 10.5. The Balaban J connectivity index is 0.000000530. The smallest absolute Gasteiger partial charge is 0.381 e. The number of benzene rings is 1. The Hall–Kier alpha value is -2.96. The number of ether oxygens (including phenoxy) is 1. The van der Waals surface area contributed by atoms with Crippen molar-refractivity contribution in [3.63, 3.8) is 0 Å². The zero-order chi connectivity index (χ0) is 28.7. The van der Waals surface area contributed by atoms with Gasteiger partial charge in [-0.15, -0.1) is 0 Å². The van der Waals surface area contributed by atoms with Crippen LogP contribution in [0.5, 0.6) is 0 Å². The van der Waals surface area contributed by atoms with Crippen LogP contribution in [0.3, 0.4) is 0 Å². The molecule has 0 aliphatic carbocycles. The van der Waals surface area contributed by atoms with E-state index in [0.717, 1.165) is 61.2 Å². The highest BCUT2D eigenvalue weighted by molar-refractivity contribution is 5.85. The summed E-state index contributed by atoms with van der Waals surface area (Å²) in [6.45, 7) is 14.2. The Morgan fingerprint density at radius 1 is 1.05 bits per heavy atom. The van der Waals surface area contributed by atoms with Crippen LogP contribution in [0.4, 0.5) is 24.9 Å². The second-order valence-electron chi connectivity index (χ2n) is 9.56. The van der Waals surface area contributed by atoms with Gasteiger partial charge in [0.2, 0.25) is 5.95 Å². The number of nitrogens with zero attached hydrogens (tertiary/aromatic N) is 6. The Labute approximate surface area is 228 Å². The van der Waals surface area contributed by atoms with Gasteiger partial charge in [-0.3, -0.25) is 10.3 Å². The highest BCUT2D eigenvalue weighted by atomic mass is 19.4. The number of alkyl halides is 3. The number of nitrogen functional groups attached to an aromatic ring is 1. The maximum atomic E-state index is 12.9. The molecule has 216 valence electrons. The fraction of sp³-hybridized carbons (Fsp3) is 0.593. The molecule has 2 saturated heterocycles. The third-order valence-corrected chi connectivity index (χ3v) is 7.08. The number of nitrogens with two attached hydrogens (primary N) is 1. The maximum Gasteiger partial charge on any atom is 0.416 e. The van der Waals surface area contributed by atoms with Crippen LogP contribution in [-0.2, 0) is 18.0 Å². The summed E-state index contributed by atoms with van der Waals surface area (Å²) in [4.78, 5) is 18.1. The van der Waals surface area contributed by atoms with Crippen LogP contribution in [0.25, 0.3) is 11.2 Å². The van der Waals surface area contributed by atoms with Gasteiger partial charge in [-0.1, -0.05) is 26.0 Å². The number of aryl methyl sites for hydroxylation is 2. The van der Waals surface area contributed by atoms with Crippen molar-refractivity contribution in [3.05, 3.63) is 41.2 Å². The van der Waals surface area contributed by atoms with Gasteiger partial charge in [0.15, 0.2) is 17.0 Å². The number of imidazole rings is 1. The fourth-order valence-electron chi connectivity index (χ4n) is 4.74. The van der Waals surface area contributed by atoms with E-state index in [2.05, 4.69) is 37.1 Å². The average Bonchev–Trinajstić information content (AvgIpc) is 3.61. The number of fused-ring (bicyclic) bond motifs is 1. The molecule has 2 aliphatic rings. The van der Waals surface area contributed by atoms with Crippen LogP contribution in [0, 0.1) is 6.92 Å². The highest BCUT2D eigenvalue weighted by Crippen LogP contribution is 2.33. The monoisotopic (exact) mass is 550 g/mol. The molecular weight excluding hydrogens is 509 g/mol. The predicted octanol–water partition coefficient (Wildman–Crippen LogP) is 5.07. The summed E-state index contributed by atoms with van der Waals surface area (Å²) in [6.07, 6.45) is -1.77. The number of hydrogen-bond acceptors (Lipinski definition) is 8. The van der Waals surface area contributed by atoms with Gasteiger partial charge in [0.05, 0.1) is 5.56 Å². The first-order chi connectivity index (χ1) is 18.6. The van der Waals surface area contributed by atoms with Gasteiger partial charge in [-0.25, -0.2) is 10.8 Å². The molecular formula is C27H41F3N8O. The van der Waals surface area contributed by atoms with Gasteiger partial charge < -0.3 is 14.2 Å². The van der Waals surface area contributed by atoms with Gasteiger partial charge in [-0.05, 0) is 51.3 Å². The van der Waals surface area contributed by atoms with E-state index in [9.17, 15) is 13.2 Å². The summed E-state index contributed by atoms with van der Waals surface area (Å²) in [7, 11) is 1.90. The van der Waals surface area contributed by atoms with E-state index in [1.165, 1.54) is 12.8 Å². The standard InChI is InChI=1S/C21H27F3N8.C4H8O.C2H6/c1-12-11-31(13(2)15-5-7-16(8-6-15)21(22,23)24)9-10-32(12)19-17-18(27-20(28-19)29-25)30(4)14(3)26-17;1-2-4-5-3-1;1-2/h5-8,12-13H,9-11,25H2,1-4H3,(H,27,28,29);1-4H2;1-2H3. The summed E-state index contributed by atoms with van der Waals surface area (Å²) < 4.78 is 45.5. The number of aromatic nitrogens is 4. The first kappa shape index (κ1) is 30.6. The van der Waals surface area contributed by atoms with E-state index < -0.39 is 11.7 Å². The molecule has 5 rings (SSSR count). The second-order valence-corrected chi connectivity index (χ2v) is 9.56. The van der Waals surface area contributed by atoms with E-state index >= 15 is 0 Å². The normalized spacial score (nSPS) is 18.7. The van der Waals surface area contributed by atoms with Crippen LogP contribution < -0.4 is 16.2 Å². The largest absolute Gasteiger partial charge is 0.416 e. The van der Waals surface area contributed by atoms with Gasteiger partial charge in [-0.2, -0.15) is 23.1 Å². The zero-order valence-corrected chi connectivity index (χ0v) is 23.7. The molecule has 0 amide bonds. The number of rotatable bonds is 4. The SMILES string of the molecule is C1CCOC1.CC.Cc1nc2c(N3CCN(C(C)c4ccc(C(F)(F)F)cc4)CC3C)nc(NN)nc2n1C. The fourth-order valence-corrected chi connectivity index (χ4v) is 4.74. The third-order valence-electron chi connectivity index (χ3n) is 7.08. The van der Waals surface area contributed by atoms with Gasteiger partial charge in [0.1, 0.15) is 5.82 Å². The maximum absolute atomic E-state index is 12.9. The highest BCUT2D eigenvalue weighted by Gasteiger charge is 2.32. The molecule has 0 spiro atoms. The minimum Gasteiger partial charge on any atom is -0.381 e. The molecule has 0 saturated carbocycles. The van der Waals surface area contributed by atoms with Crippen molar-refractivity contribution in [1.29, 1.82) is 0 Å². The quantitative estimate of drug-likeness (QED) is 0.343. The van der Waals surface area contributed by atoms with E-state index in [0.29, 0.717) is 18.1 Å². The Bertz CT molecular complexity index is 1190. The first-order valence-corrected chi connectivity index (χ1v) is 13.5. The van der Waals surface area contributed by atoms with Crippen molar-refractivity contribution < 1.29 is 17.9 Å². The number of nitrogens with one attached hydrogen (secondary N) is 1. The van der Waals surface area contributed by atoms with Gasteiger partial charge in [0, 0.05) is 52.0 Å². The van der Waals surface area contributed by atoms with E-state index in [-0.39, 0.29) is 12.1 Å². The van der Waals surface area contributed by atoms with Crippen LogP contribution in [0.2, 0.25) is 0 Å². The lowest BCUT2D eigenvalue weighted by molar-refractivity contribution is -0.137. The average molecular weight is 551 g/mol. The summed E-state index contributed by atoms with van der Waals surface area (Å²) >= 11 is 0. The third kappa shape index (κ3) is 7.17. The lowest BCUT2D eigenvalue weighted by Crippen LogP contribution is -2.53. The van der Waals surface area contributed by atoms with Crippen molar-refractivity contribution in [3.8, 4) is 0 Å². The van der Waals surface area contributed by atoms with Crippen molar-refractivity contribution in [1.82, 2.24) is 24.4 Å². The molecule has 0 radical (unpaired) electrons. The number of halogens is 3. The molecule has 2 unspecified atom stereocenters. The summed E-state index contributed by atoms with van der Waals surface area (Å²) in [5.41, 5.74) is 4.19. The summed E-state index contributed by atoms with van der Waals surface area (Å²) in [5.74, 6) is 7.46. The number of anilines is 2. The number of piperazine rings is 1. The molecule has 1 aromatic carbocycles. The van der Waals surface area contributed by atoms with Crippen molar-refractivity contribution in [2.24, 2.45) is 12.9 Å². The molecule has 2 atom stereocenters. The predicted molar refractivity (Wildman–Crippen MR) is 148 cm³/mol. The minimum absolute atomic E-state index is 0.00864. The zero-order valence-electron chi connectivity index (χ0n) is 23.7. The van der Waals surface area contributed by atoms with E-state index in [4.69, 9.17) is 10.6 Å². The molecule has 3 aromatic rings. The molecule has 2 aromatic heterocycles. The Morgan fingerprint density at radius 2 is 1.69 bits per heavy atom. The summed E-state index contributed by atoms with van der Waals surface area (Å²) in [6, 6.07) is 5.52. The van der Waals surface area contributed by atoms with Crippen LogP contribution >= 0.6 is 0 Å².